The summed E-state index contributed by atoms with van der Waals surface area (Å²) in [5, 5.41) is 13.5. The van der Waals surface area contributed by atoms with E-state index in [1.165, 1.54) is 5.56 Å². The van der Waals surface area contributed by atoms with Crippen molar-refractivity contribution >= 4 is 0 Å². The SMILES string of the molecule is CCc1ccc(OCC(O)CNC2C(C)(C)C2(C)C)cc1. The third-order valence-corrected chi connectivity index (χ3v) is 5.35. The summed E-state index contributed by atoms with van der Waals surface area (Å²) < 4.78 is 5.63. The first-order chi connectivity index (χ1) is 9.79. The zero-order valence-corrected chi connectivity index (χ0v) is 13.9. The molecule has 1 saturated carbocycles. The van der Waals surface area contributed by atoms with Gasteiger partial charge in [0.25, 0.3) is 0 Å². The molecule has 1 atom stereocenters. The first kappa shape index (κ1) is 16.3. The fourth-order valence-electron chi connectivity index (χ4n) is 3.03. The van der Waals surface area contributed by atoms with E-state index in [4.69, 9.17) is 4.74 Å². The van der Waals surface area contributed by atoms with Gasteiger partial charge in [0.05, 0.1) is 0 Å². The van der Waals surface area contributed by atoms with Crippen LogP contribution in [0.1, 0.15) is 40.2 Å². The van der Waals surface area contributed by atoms with Crippen molar-refractivity contribution in [2.24, 2.45) is 10.8 Å². The van der Waals surface area contributed by atoms with E-state index in [0.717, 1.165) is 12.2 Å². The number of rotatable bonds is 7. The predicted octanol–water partition coefficient (Wildman–Crippen LogP) is 3.01. The monoisotopic (exact) mass is 291 g/mol. The van der Waals surface area contributed by atoms with Crippen molar-refractivity contribution in [3.05, 3.63) is 29.8 Å². The number of benzene rings is 1. The maximum atomic E-state index is 10.0. The van der Waals surface area contributed by atoms with Crippen LogP contribution >= 0.6 is 0 Å². The molecule has 2 rings (SSSR count). The van der Waals surface area contributed by atoms with Crippen LogP contribution in [-0.2, 0) is 6.42 Å². The second-order valence-electron chi connectivity index (χ2n) is 7.25. The lowest BCUT2D eigenvalue weighted by Crippen LogP contribution is -2.34. The molecule has 0 spiro atoms. The van der Waals surface area contributed by atoms with Crippen LogP contribution in [0.5, 0.6) is 5.75 Å². The molecule has 118 valence electrons. The van der Waals surface area contributed by atoms with E-state index in [2.05, 4.69) is 52.1 Å². The van der Waals surface area contributed by atoms with Gasteiger partial charge in [0, 0.05) is 12.6 Å². The van der Waals surface area contributed by atoms with Crippen LogP contribution in [0.3, 0.4) is 0 Å². The van der Waals surface area contributed by atoms with E-state index < -0.39 is 6.10 Å². The Kier molecular flexibility index (Phi) is 4.64. The zero-order valence-electron chi connectivity index (χ0n) is 13.9. The van der Waals surface area contributed by atoms with Crippen LogP contribution in [0.4, 0.5) is 0 Å². The molecular weight excluding hydrogens is 262 g/mol. The minimum atomic E-state index is -0.483. The highest BCUT2D eigenvalue weighted by Crippen LogP contribution is 2.62. The van der Waals surface area contributed by atoms with E-state index in [0.29, 0.717) is 30.0 Å². The van der Waals surface area contributed by atoms with E-state index in [1.807, 2.05) is 12.1 Å². The number of nitrogens with one attached hydrogen (secondary N) is 1. The normalized spacial score (nSPS) is 21.0. The lowest BCUT2D eigenvalue weighted by atomic mass is 10.0. The first-order valence-electron chi connectivity index (χ1n) is 7.92. The van der Waals surface area contributed by atoms with Gasteiger partial charge in [-0.1, -0.05) is 46.8 Å². The van der Waals surface area contributed by atoms with Gasteiger partial charge in [-0.15, -0.1) is 0 Å². The van der Waals surface area contributed by atoms with Crippen LogP contribution < -0.4 is 10.1 Å². The van der Waals surface area contributed by atoms with Gasteiger partial charge in [-0.2, -0.15) is 0 Å². The molecular formula is C18H29NO2. The molecule has 0 aromatic heterocycles. The van der Waals surface area contributed by atoms with Crippen molar-refractivity contribution in [1.29, 1.82) is 0 Å². The number of aliphatic hydroxyl groups is 1. The molecule has 1 aliphatic carbocycles. The fraction of sp³-hybridized carbons (Fsp3) is 0.667. The predicted molar refractivity (Wildman–Crippen MR) is 86.7 cm³/mol. The molecule has 0 bridgehead atoms. The summed E-state index contributed by atoms with van der Waals surface area (Å²) in [5.74, 6) is 0.818. The number of hydrogen-bond acceptors (Lipinski definition) is 3. The van der Waals surface area contributed by atoms with Crippen molar-refractivity contribution in [3.8, 4) is 5.75 Å². The van der Waals surface area contributed by atoms with Crippen LogP contribution in [0, 0.1) is 10.8 Å². The summed E-state index contributed by atoms with van der Waals surface area (Å²) in [6, 6.07) is 8.52. The minimum Gasteiger partial charge on any atom is -0.491 e. The van der Waals surface area contributed by atoms with Crippen molar-refractivity contribution in [1.82, 2.24) is 5.32 Å². The van der Waals surface area contributed by atoms with Crippen LogP contribution in [0.2, 0.25) is 0 Å². The topological polar surface area (TPSA) is 41.5 Å². The lowest BCUT2D eigenvalue weighted by Gasteiger charge is -2.14. The fourth-order valence-corrected chi connectivity index (χ4v) is 3.03. The standard InChI is InChI=1S/C18H29NO2/c1-6-13-7-9-15(10-8-13)21-12-14(20)11-19-16-17(2,3)18(16,4)5/h7-10,14,16,19-20H,6,11-12H2,1-5H3. The largest absolute Gasteiger partial charge is 0.491 e. The summed E-state index contributed by atoms with van der Waals surface area (Å²) in [7, 11) is 0. The number of aryl methyl sites for hydroxylation is 1. The van der Waals surface area contributed by atoms with E-state index >= 15 is 0 Å². The van der Waals surface area contributed by atoms with Crippen molar-refractivity contribution in [2.45, 2.75) is 53.2 Å². The van der Waals surface area contributed by atoms with E-state index in [-0.39, 0.29) is 0 Å². The maximum Gasteiger partial charge on any atom is 0.119 e. The van der Waals surface area contributed by atoms with Gasteiger partial charge in [-0.25, -0.2) is 0 Å². The van der Waals surface area contributed by atoms with E-state index in [9.17, 15) is 5.11 Å². The maximum absolute atomic E-state index is 10.0. The molecule has 21 heavy (non-hydrogen) atoms. The highest BCUT2D eigenvalue weighted by atomic mass is 16.5. The molecule has 3 nitrogen and oxygen atoms in total. The van der Waals surface area contributed by atoms with Gasteiger partial charge >= 0.3 is 0 Å². The van der Waals surface area contributed by atoms with Gasteiger partial charge < -0.3 is 15.2 Å². The molecule has 0 amide bonds. The van der Waals surface area contributed by atoms with Crippen molar-refractivity contribution in [2.75, 3.05) is 13.2 Å². The Hall–Kier alpha value is -1.06. The van der Waals surface area contributed by atoms with Gasteiger partial charge in [0.1, 0.15) is 18.5 Å². The smallest absolute Gasteiger partial charge is 0.119 e. The average Bonchev–Trinajstić information content (AvgIpc) is 2.84. The quantitative estimate of drug-likeness (QED) is 0.811. The molecule has 0 radical (unpaired) electrons. The second-order valence-corrected chi connectivity index (χ2v) is 7.25. The van der Waals surface area contributed by atoms with Crippen molar-refractivity contribution < 1.29 is 9.84 Å². The zero-order chi connectivity index (χ0) is 15.7. The third kappa shape index (κ3) is 3.41. The molecule has 1 aliphatic rings. The van der Waals surface area contributed by atoms with Gasteiger partial charge in [0.2, 0.25) is 0 Å². The van der Waals surface area contributed by atoms with Gasteiger partial charge in [-0.3, -0.25) is 0 Å². The molecule has 2 N–H and O–H groups in total. The Morgan fingerprint density at radius 3 is 2.19 bits per heavy atom. The lowest BCUT2D eigenvalue weighted by molar-refractivity contribution is 0.105. The summed E-state index contributed by atoms with van der Waals surface area (Å²) in [6.45, 7) is 12.1. The Morgan fingerprint density at radius 2 is 1.71 bits per heavy atom. The Labute approximate surface area is 128 Å². The Balaban J connectivity index is 1.72. The number of aliphatic hydroxyl groups excluding tert-OH is 1. The Bertz CT molecular complexity index is 451. The Morgan fingerprint density at radius 1 is 1.14 bits per heavy atom. The van der Waals surface area contributed by atoms with Crippen molar-refractivity contribution in [3.63, 3.8) is 0 Å². The first-order valence-corrected chi connectivity index (χ1v) is 7.92. The second kappa shape index (κ2) is 5.98. The number of hydrogen-bond donors (Lipinski definition) is 2. The summed E-state index contributed by atoms with van der Waals surface area (Å²) in [4.78, 5) is 0. The summed E-state index contributed by atoms with van der Waals surface area (Å²) in [6.07, 6.45) is 0.544. The molecule has 0 saturated heterocycles. The van der Waals surface area contributed by atoms with Crippen LogP contribution in [0.25, 0.3) is 0 Å². The average molecular weight is 291 g/mol. The highest BCUT2D eigenvalue weighted by Gasteiger charge is 2.64. The third-order valence-electron chi connectivity index (χ3n) is 5.35. The van der Waals surface area contributed by atoms with Gasteiger partial charge in [0.15, 0.2) is 0 Å². The molecule has 1 unspecified atom stereocenters. The van der Waals surface area contributed by atoms with E-state index in [1.54, 1.807) is 0 Å². The van der Waals surface area contributed by atoms with Crippen LogP contribution in [-0.4, -0.2) is 30.4 Å². The molecule has 1 fully saturated rings. The molecule has 0 heterocycles. The minimum absolute atomic E-state index is 0.295. The highest BCUT2D eigenvalue weighted by molar-refractivity contribution is 5.27. The molecule has 3 heteroatoms. The van der Waals surface area contributed by atoms with Gasteiger partial charge in [-0.05, 0) is 34.9 Å². The number of ether oxygens (including phenoxy) is 1. The molecule has 1 aromatic rings. The summed E-state index contributed by atoms with van der Waals surface area (Å²) in [5.41, 5.74) is 1.88. The summed E-state index contributed by atoms with van der Waals surface area (Å²) >= 11 is 0. The molecule has 1 aromatic carbocycles. The van der Waals surface area contributed by atoms with Crippen LogP contribution in [0.15, 0.2) is 24.3 Å². The molecule has 0 aliphatic heterocycles.